The lowest BCUT2D eigenvalue weighted by Crippen LogP contribution is -2.38. The minimum absolute atomic E-state index is 0.393. The number of nitrogens with zero attached hydrogens (tertiary/aromatic N) is 1. The summed E-state index contributed by atoms with van der Waals surface area (Å²) in [7, 11) is 0. The molecule has 86 valence electrons. The van der Waals surface area contributed by atoms with Gasteiger partial charge in [-0.2, -0.15) is 0 Å². The lowest BCUT2D eigenvalue weighted by molar-refractivity contribution is 0.0689. The van der Waals surface area contributed by atoms with Crippen LogP contribution < -0.4 is 5.32 Å². The van der Waals surface area contributed by atoms with Gasteiger partial charge in [-0.25, -0.2) is 0 Å². The second-order valence-electron chi connectivity index (χ2n) is 4.76. The highest BCUT2D eigenvalue weighted by atomic mass is 16.5. The summed E-state index contributed by atoms with van der Waals surface area (Å²) in [4.78, 5) is 2.53. The number of ether oxygens (including phenoxy) is 1. The molecule has 0 aromatic heterocycles. The summed E-state index contributed by atoms with van der Waals surface area (Å²) >= 11 is 0. The van der Waals surface area contributed by atoms with Crippen molar-refractivity contribution < 1.29 is 4.74 Å². The highest BCUT2D eigenvalue weighted by molar-refractivity contribution is 5.22. The fourth-order valence-corrected chi connectivity index (χ4v) is 2.22. The smallest absolute Gasteiger partial charge is 0.0674 e. The van der Waals surface area contributed by atoms with Crippen LogP contribution in [0, 0.1) is 0 Å². The van der Waals surface area contributed by atoms with Crippen molar-refractivity contribution in [1.82, 2.24) is 10.2 Å². The molecule has 0 bridgehead atoms. The second-order valence-corrected chi connectivity index (χ2v) is 4.76. The zero-order valence-corrected chi connectivity index (χ0v) is 9.88. The minimum atomic E-state index is 0.393. The van der Waals surface area contributed by atoms with Gasteiger partial charge in [0.15, 0.2) is 0 Å². The van der Waals surface area contributed by atoms with Crippen LogP contribution in [0.1, 0.15) is 20.3 Å². The lowest BCUT2D eigenvalue weighted by Gasteiger charge is -2.27. The molecule has 2 saturated heterocycles. The molecule has 0 radical (unpaired) electrons. The van der Waals surface area contributed by atoms with Crippen molar-refractivity contribution in [3.63, 3.8) is 0 Å². The number of rotatable bonds is 2. The monoisotopic (exact) mass is 210 g/mol. The van der Waals surface area contributed by atoms with E-state index in [1.807, 2.05) is 0 Å². The molecular formula is C12H22N2O. The zero-order chi connectivity index (χ0) is 10.7. The van der Waals surface area contributed by atoms with Crippen LogP contribution in [0.3, 0.4) is 0 Å². The minimum Gasteiger partial charge on any atom is -0.377 e. The third kappa shape index (κ3) is 3.03. The Morgan fingerprint density at radius 1 is 1.53 bits per heavy atom. The fourth-order valence-electron chi connectivity index (χ4n) is 2.22. The molecule has 0 aromatic rings. The molecule has 1 atom stereocenters. The molecule has 1 unspecified atom stereocenters. The Labute approximate surface area is 92.5 Å². The molecule has 2 rings (SSSR count). The van der Waals surface area contributed by atoms with E-state index in [1.165, 1.54) is 13.0 Å². The van der Waals surface area contributed by atoms with Crippen LogP contribution in [0.4, 0.5) is 0 Å². The maximum atomic E-state index is 5.65. The third-order valence-corrected chi connectivity index (χ3v) is 3.28. The molecule has 2 aliphatic heterocycles. The first-order valence-corrected chi connectivity index (χ1v) is 5.98. The fraction of sp³-hybridized carbons (Fsp3) is 0.833. The van der Waals surface area contributed by atoms with Gasteiger partial charge in [0.2, 0.25) is 0 Å². The zero-order valence-electron chi connectivity index (χ0n) is 9.88. The van der Waals surface area contributed by atoms with Crippen molar-refractivity contribution >= 4 is 0 Å². The molecule has 0 saturated carbocycles. The van der Waals surface area contributed by atoms with Gasteiger partial charge in [-0.3, -0.25) is 4.90 Å². The van der Waals surface area contributed by atoms with Crippen molar-refractivity contribution in [1.29, 1.82) is 0 Å². The molecule has 0 aliphatic carbocycles. The average molecular weight is 210 g/mol. The summed E-state index contributed by atoms with van der Waals surface area (Å²) in [6.07, 6.45) is 1.57. The largest absolute Gasteiger partial charge is 0.377 e. The summed E-state index contributed by atoms with van der Waals surface area (Å²) in [6.45, 7) is 11.0. The van der Waals surface area contributed by atoms with Crippen molar-refractivity contribution in [3.05, 3.63) is 11.1 Å². The summed E-state index contributed by atoms with van der Waals surface area (Å²) in [5.74, 6) is 0. The number of hydrogen-bond acceptors (Lipinski definition) is 3. The Morgan fingerprint density at radius 2 is 2.33 bits per heavy atom. The molecule has 2 heterocycles. The summed E-state index contributed by atoms with van der Waals surface area (Å²) in [6, 6.07) is 0. The van der Waals surface area contributed by atoms with E-state index in [0.29, 0.717) is 6.10 Å². The van der Waals surface area contributed by atoms with E-state index >= 15 is 0 Å². The Hall–Kier alpha value is -0.380. The summed E-state index contributed by atoms with van der Waals surface area (Å²) in [5, 5.41) is 3.30. The van der Waals surface area contributed by atoms with Crippen molar-refractivity contribution in [2.45, 2.75) is 26.4 Å². The Kier molecular flexibility index (Phi) is 3.78. The van der Waals surface area contributed by atoms with Crippen molar-refractivity contribution in [2.24, 2.45) is 0 Å². The van der Waals surface area contributed by atoms with E-state index in [0.717, 1.165) is 32.8 Å². The highest BCUT2D eigenvalue weighted by Crippen LogP contribution is 2.13. The topological polar surface area (TPSA) is 24.5 Å². The van der Waals surface area contributed by atoms with E-state index < -0.39 is 0 Å². The Balaban J connectivity index is 1.86. The number of nitrogens with one attached hydrogen (secondary N) is 1. The van der Waals surface area contributed by atoms with Crippen molar-refractivity contribution in [3.8, 4) is 0 Å². The normalized spacial score (nSPS) is 28.4. The summed E-state index contributed by atoms with van der Waals surface area (Å²) in [5.41, 5.74) is 3.16. The van der Waals surface area contributed by atoms with Crippen LogP contribution in [-0.2, 0) is 4.74 Å². The van der Waals surface area contributed by atoms with Crippen LogP contribution in [-0.4, -0.2) is 50.3 Å². The van der Waals surface area contributed by atoms with Crippen LogP contribution in [0.25, 0.3) is 0 Å². The van der Waals surface area contributed by atoms with Crippen LogP contribution in [0.5, 0.6) is 0 Å². The van der Waals surface area contributed by atoms with Crippen LogP contribution in [0.2, 0.25) is 0 Å². The van der Waals surface area contributed by atoms with E-state index in [4.69, 9.17) is 4.74 Å². The first kappa shape index (κ1) is 11.1. The highest BCUT2D eigenvalue weighted by Gasteiger charge is 2.17. The van der Waals surface area contributed by atoms with Gasteiger partial charge in [0.25, 0.3) is 0 Å². The Bertz CT molecular complexity index is 244. The molecule has 15 heavy (non-hydrogen) atoms. The van der Waals surface area contributed by atoms with Crippen LogP contribution >= 0.6 is 0 Å². The van der Waals surface area contributed by atoms with E-state index in [2.05, 4.69) is 24.1 Å². The average Bonchev–Trinajstić information content (AvgIpc) is 2.26. The number of hydrogen-bond donors (Lipinski definition) is 1. The second kappa shape index (κ2) is 5.10. The van der Waals surface area contributed by atoms with Gasteiger partial charge in [-0.05, 0) is 25.8 Å². The van der Waals surface area contributed by atoms with E-state index in [9.17, 15) is 0 Å². The maximum Gasteiger partial charge on any atom is 0.0674 e. The summed E-state index contributed by atoms with van der Waals surface area (Å²) < 4.78 is 5.65. The molecule has 0 amide bonds. The third-order valence-electron chi connectivity index (χ3n) is 3.28. The SMILES string of the molecule is CC(CN1CCCOC(C)C1)=C1CNC1. The maximum absolute atomic E-state index is 5.65. The van der Waals surface area contributed by atoms with Gasteiger partial charge in [-0.15, -0.1) is 0 Å². The molecule has 0 spiro atoms. The molecule has 1 N–H and O–H groups in total. The molecular weight excluding hydrogens is 188 g/mol. The van der Waals surface area contributed by atoms with Gasteiger partial charge < -0.3 is 10.1 Å². The van der Waals surface area contributed by atoms with Crippen molar-refractivity contribution in [2.75, 3.05) is 39.3 Å². The molecule has 2 aliphatic rings. The molecule has 0 aromatic carbocycles. The Morgan fingerprint density at radius 3 is 3.00 bits per heavy atom. The van der Waals surface area contributed by atoms with E-state index in [-0.39, 0.29) is 0 Å². The lowest BCUT2D eigenvalue weighted by atomic mass is 10.0. The standard InChI is InChI=1S/C12H22N2O/c1-10(12-6-13-7-12)8-14-4-3-5-15-11(2)9-14/h11,13H,3-9H2,1-2H3. The van der Waals surface area contributed by atoms with Gasteiger partial charge in [-0.1, -0.05) is 5.57 Å². The predicted molar refractivity (Wildman–Crippen MR) is 62.0 cm³/mol. The first-order chi connectivity index (χ1) is 7.25. The molecule has 3 nitrogen and oxygen atoms in total. The van der Waals surface area contributed by atoms with Gasteiger partial charge in [0.1, 0.15) is 0 Å². The molecule has 2 fully saturated rings. The van der Waals surface area contributed by atoms with Crippen LogP contribution in [0.15, 0.2) is 11.1 Å². The molecule has 3 heteroatoms. The predicted octanol–water partition coefficient (Wildman–Crippen LogP) is 1.02. The van der Waals surface area contributed by atoms with Gasteiger partial charge in [0, 0.05) is 39.3 Å². The van der Waals surface area contributed by atoms with Gasteiger partial charge >= 0.3 is 0 Å². The van der Waals surface area contributed by atoms with E-state index in [1.54, 1.807) is 11.1 Å². The quantitative estimate of drug-likeness (QED) is 0.689. The van der Waals surface area contributed by atoms with Gasteiger partial charge in [0.05, 0.1) is 6.10 Å². The first-order valence-electron chi connectivity index (χ1n) is 5.98.